The Bertz CT molecular complexity index is 405. The van der Waals surface area contributed by atoms with Gasteiger partial charge in [-0.3, -0.25) is 4.90 Å². The van der Waals surface area contributed by atoms with Crippen molar-refractivity contribution in [2.75, 3.05) is 13.7 Å². The van der Waals surface area contributed by atoms with Gasteiger partial charge in [0.15, 0.2) is 0 Å². The van der Waals surface area contributed by atoms with E-state index in [-0.39, 0.29) is 0 Å². The van der Waals surface area contributed by atoms with E-state index in [1.807, 2.05) is 0 Å². The van der Waals surface area contributed by atoms with Crippen LogP contribution < -0.4 is 4.74 Å². The Labute approximate surface area is 124 Å². The Kier molecular flexibility index (Phi) is 4.13. The molecule has 2 unspecified atom stereocenters. The lowest BCUT2D eigenvalue weighted by Crippen LogP contribution is -2.44. The minimum Gasteiger partial charge on any atom is -0.497 e. The van der Waals surface area contributed by atoms with E-state index in [2.05, 4.69) is 45.1 Å². The predicted molar refractivity (Wildman–Crippen MR) is 82.2 cm³/mol. The van der Waals surface area contributed by atoms with Gasteiger partial charge >= 0.3 is 0 Å². The SMILES string of the molecule is COc1ccc(CCN2C3CCC2CC(Br)C3)cc1. The lowest BCUT2D eigenvalue weighted by atomic mass is 10.0. The van der Waals surface area contributed by atoms with Crippen LogP contribution in [0.4, 0.5) is 0 Å². The van der Waals surface area contributed by atoms with Gasteiger partial charge in [-0.25, -0.2) is 0 Å². The van der Waals surface area contributed by atoms with Crippen molar-refractivity contribution in [3.63, 3.8) is 0 Å². The maximum atomic E-state index is 5.20. The molecule has 104 valence electrons. The predicted octanol–water partition coefficient (Wildman–Crippen LogP) is 3.63. The van der Waals surface area contributed by atoms with E-state index in [1.54, 1.807) is 7.11 Å². The van der Waals surface area contributed by atoms with Crippen LogP contribution in [0.25, 0.3) is 0 Å². The van der Waals surface area contributed by atoms with Gasteiger partial charge < -0.3 is 4.74 Å². The van der Waals surface area contributed by atoms with Crippen molar-refractivity contribution in [1.29, 1.82) is 0 Å². The third kappa shape index (κ3) is 2.97. The number of halogens is 1. The van der Waals surface area contributed by atoms with Crippen LogP contribution in [-0.4, -0.2) is 35.5 Å². The second-order valence-electron chi connectivity index (χ2n) is 5.79. The number of nitrogens with zero attached hydrogens (tertiary/aromatic N) is 1. The van der Waals surface area contributed by atoms with Crippen LogP contribution >= 0.6 is 15.9 Å². The molecule has 2 fully saturated rings. The summed E-state index contributed by atoms with van der Waals surface area (Å²) in [5, 5.41) is 0. The number of methoxy groups -OCH3 is 1. The highest BCUT2D eigenvalue weighted by Crippen LogP contribution is 2.38. The molecule has 0 spiro atoms. The molecular formula is C16H22BrNO. The fourth-order valence-corrected chi connectivity index (χ4v) is 4.49. The summed E-state index contributed by atoms with van der Waals surface area (Å²) >= 11 is 3.81. The second-order valence-corrected chi connectivity index (χ2v) is 7.08. The second kappa shape index (κ2) is 5.84. The summed E-state index contributed by atoms with van der Waals surface area (Å²) in [6.45, 7) is 1.21. The number of alkyl halides is 1. The zero-order chi connectivity index (χ0) is 13.2. The highest BCUT2D eigenvalue weighted by atomic mass is 79.9. The van der Waals surface area contributed by atoms with E-state index in [4.69, 9.17) is 4.74 Å². The minimum atomic E-state index is 0.752. The van der Waals surface area contributed by atoms with Gasteiger partial charge in [0.2, 0.25) is 0 Å². The molecule has 1 aromatic rings. The summed E-state index contributed by atoms with van der Waals surface area (Å²) in [6, 6.07) is 10.2. The number of hydrogen-bond acceptors (Lipinski definition) is 2. The van der Waals surface area contributed by atoms with E-state index in [0.29, 0.717) is 0 Å². The van der Waals surface area contributed by atoms with E-state index in [0.717, 1.165) is 29.1 Å². The Morgan fingerprint density at radius 3 is 2.37 bits per heavy atom. The molecule has 0 amide bonds. The molecule has 0 radical (unpaired) electrons. The molecule has 2 heterocycles. The van der Waals surface area contributed by atoms with Crippen LogP contribution in [0.1, 0.15) is 31.2 Å². The standard InChI is InChI=1S/C16H22BrNO/c1-19-16-6-2-12(3-7-16)8-9-18-14-4-5-15(18)11-13(17)10-14/h2-3,6-7,13-15H,4-5,8-11H2,1H3. The van der Waals surface area contributed by atoms with Crippen molar-refractivity contribution in [3.8, 4) is 5.75 Å². The van der Waals surface area contributed by atoms with Crippen molar-refractivity contribution in [2.45, 2.75) is 49.0 Å². The van der Waals surface area contributed by atoms with E-state index in [1.165, 1.54) is 37.8 Å². The first-order valence-electron chi connectivity index (χ1n) is 7.29. The van der Waals surface area contributed by atoms with Gasteiger partial charge in [-0.2, -0.15) is 0 Å². The quantitative estimate of drug-likeness (QED) is 0.784. The maximum Gasteiger partial charge on any atom is 0.118 e. The van der Waals surface area contributed by atoms with Crippen LogP contribution in [0, 0.1) is 0 Å². The average molecular weight is 324 g/mol. The first kappa shape index (κ1) is 13.4. The lowest BCUT2D eigenvalue weighted by Gasteiger charge is -2.37. The largest absolute Gasteiger partial charge is 0.497 e. The molecule has 2 bridgehead atoms. The number of rotatable bonds is 4. The smallest absolute Gasteiger partial charge is 0.118 e. The molecule has 0 saturated carbocycles. The summed E-state index contributed by atoms with van der Waals surface area (Å²) < 4.78 is 5.20. The summed E-state index contributed by atoms with van der Waals surface area (Å²) in [5.74, 6) is 0.948. The van der Waals surface area contributed by atoms with Crippen LogP contribution in [0.2, 0.25) is 0 Å². The van der Waals surface area contributed by atoms with E-state index >= 15 is 0 Å². The molecule has 19 heavy (non-hydrogen) atoms. The van der Waals surface area contributed by atoms with Gasteiger partial charge in [0, 0.05) is 23.5 Å². The van der Waals surface area contributed by atoms with Gasteiger partial charge in [0.1, 0.15) is 5.75 Å². The normalized spacial score (nSPS) is 30.5. The van der Waals surface area contributed by atoms with Crippen LogP contribution in [0.3, 0.4) is 0 Å². The van der Waals surface area contributed by atoms with Gasteiger partial charge in [-0.1, -0.05) is 28.1 Å². The number of fused-ring (bicyclic) bond motifs is 2. The summed E-state index contributed by atoms with van der Waals surface area (Å²) in [6.07, 6.45) is 6.62. The third-order valence-electron chi connectivity index (χ3n) is 4.64. The summed E-state index contributed by atoms with van der Waals surface area (Å²) in [5.41, 5.74) is 1.42. The molecular weight excluding hydrogens is 302 g/mol. The van der Waals surface area contributed by atoms with Crippen molar-refractivity contribution in [1.82, 2.24) is 4.90 Å². The fraction of sp³-hybridized carbons (Fsp3) is 0.625. The van der Waals surface area contributed by atoms with Crippen LogP contribution in [-0.2, 0) is 6.42 Å². The number of hydrogen-bond donors (Lipinski definition) is 0. The molecule has 2 aliphatic rings. The Balaban J connectivity index is 1.57. The molecule has 2 saturated heterocycles. The third-order valence-corrected chi connectivity index (χ3v) is 5.39. The Hall–Kier alpha value is -0.540. The van der Waals surface area contributed by atoms with Crippen LogP contribution in [0.5, 0.6) is 5.75 Å². The lowest BCUT2D eigenvalue weighted by molar-refractivity contribution is 0.147. The van der Waals surface area contributed by atoms with Gasteiger partial charge in [-0.05, 0) is 49.8 Å². The molecule has 3 rings (SSSR count). The molecule has 2 atom stereocenters. The first-order valence-corrected chi connectivity index (χ1v) is 8.20. The monoisotopic (exact) mass is 323 g/mol. The zero-order valence-electron chi connectivity index (χ0n) is 11.5. The van der Waals surface area contributed by atoms with Crippen molar-refractivity contribution in [2.24, 2.45) is 0 Å². The number of benzene rings is 1. The number of piperidine rings is 1. The van der Waals surface area contributed by atoms with Gasteiger partial charge in [-0.15, -0.1) is 0 Å². The summed E-state index contributed by atoms with van der Waals surface area (Å²) in [7, 11) is 1.72. The molecule has 2 aliphatic heterocycles. The van der Waals surface area contributed by atoms with Crippen molar-refractivity contribution >= 4 is 15.9 Å². The first-order chi connectivity index (χ1) is 9.26. The minimum absolute atomic E-state index is 0.752. The molecule has 3 heteroatoms. The summed E-state index contributed by atoms with van der Waals surface area (Å²) in [4.78, 5) is 3.50. The van der Waals surface area contributed by atoms with E-state index in [9.17, 15) is 0 Å². The highest BCUT2D eigenvalue weighted by molar-refractivity contribution is 9.09. The Morgan fingerprint density at radius 1 is 1.16 bits per heavy atom. The maximum absolute atomic E-state index is 5.20. The van der Waals surface area contributed by atoms with E-state index < -0.39 is 0 Å². The Morgan fingerprint density at radius 2 is 1.79 bits per heavy atom. The average Bonchev–Trinajstić information content (AvgIpc) is 2.67. The van der Waals surface area contributed by atoms with Gasteiger partial charge in [0.05, 0.1) is 7.11 Å². The zero-order valence-corrected chi connectivity index (χ0v) is 13.1. The number of ether oxygens (including phenoxy) is 1. The molecule has 2 nitrogen and oxygen atoms in total. The molecule has 0 N–H and O–H groups in total. The highest BCUT2D eigenvalue weighted by Gasteiger charge is 2.39. The topological polar surface area (TPSA) is 12.5 Å². The fourth-order valence-electron chi connectivity index (χ4n) is 3.62. The molecule has 1 aromatic carbocycles. The van der Waals surface area contributed by atoms with Crippen LogP contribution in [0.15, 0.2) is 24.3 Å². The van der Waals surface area contributed by atoms with Crippen molar-refractivity contribution < 1.29 is 4.74 Å². The molecule has 0 aliphatic carbocycles. The molecule has 0 aromatic heterocycles. The van der Waals surface area contributed by atoms with Gasteiger partial charge in [0.25, 0.3) is 0 Å². The van der Waals surface area contributed by atoms with Crippen molar-refractivity contribution in [3.05, 3.63) is 29.8 Å².